The number of ether oxygens (including phenoxy) is 1. The van der Waals surface area contributed by atoms with Crippen LogP contribution in [0.3, 0.4) is 0 Å². The summed E-state index contributed by atoms with van der Waals surface area (Å²) in [5, 5.41) is 3.42. The largest absolute Gasteiger partial charge is 0.481 e. The quantitative estimate of drug-likeness (QED) is 0.881. The lowest BCUT2D eigenvalue weighted by molar-refractivity contribution is -0.0167. The molecule has 4 aliphatic rings. The fourth-order valence-electron chi connectivity index (χ4n) is 6.03. The van der Waals surface area contributed by atoms with E-state index in [-0.39, 0.29) is 11.4 Å². The summed E-state index contributed by atoms with van der Waals surface area (Å²) in [6.07, 6.45) is 11.2. The Kier molecular flexibility index (Phi) is 3.59. The van der Waals surface area contributed by atoms with Gasteiger partial charge in [0.1, 0.15) is 5.69 Å². The van der Waals surface area contributed by atoms with Crippen molar-refractivity contribution in [3.05, 3.63) is 36.3 Å². The van der Waals surface area contributed by atoms with Crippen LogP contribution in [0.1, 0.15) is 49.0 Å². The Hall–Kier alpha value is -2.30. The van der Waals surface area contributed by atoms with E-state index >= 15 is 0 Å². The fourth-order valence-corrected chi connectivity index (χ4v) is 6.03. The summed E-state index contributed by atoms with van der Waals surface area (Å²) in [6, 6.07) is 5.73. The number of hydrogen-bond acceptors (Lipinski definition) is 3. The molecule has 2 N–H and O–H groups in total. The topological polar surface area (TPSA) is 67.0 Å². The summed E-state index contributed by atoms with van der Waals surface area (Å²) in [7, 11) is 1.61. The van der Waals surface area contributed by atoms with Gasteiger partial charge >= 0.3 is 0 Å². The van der Waals surface area contributed by atoms with E-state index in [0.29, 0.717) is 11.6 Å². The molecule has 0 aromatic carbocycles. The third-order valence-electron chi connectivity index (χ3n) is 6.62. The molecule has 0 spiro atoms. The molecule has 2 aromatic rings. The van der Waals surface area contributed by atoms with E-state index in [1.165, 1.54) is 19.3 Å². The molecule has 0 aliphatic heterocycles. The smallest absolute Gasteiger partial charge is 0.268 e. The van der Waals surface area contributed by atoms with Gasteiger partial charge in [0, 0.05) is 29.1 Å². The van der Waals surface area contributed by atoms with Gasteiger partial charge in [-0.15, -0.1) is 0 Å². The van der Waals surface area contributed by atoms with Crippen LogP contribution in [0, 0.1) is 17.8 Å². The molecule has 4 saturated carbocycles. The monoisotopic (exact) mass is 351 g/mol. The van der Waals surface area contributed by atoms with Crippen molar-refractivity contribution in [1.29, 1.82) is 0 Å². The van der Waals surface area contributed by atoms with Gasteiger partial charge in [-0.1, -0.05) is 0 Å². The van der Waals surface area contributed by atoms with Gasteiger partial charge in [0.25, 0.3) is 5.91 Å². The van der Waals surface area contributed by atoms with Crippen molar-refractivity contribution in [2.75, 3.05) is 7.11 Å². The van der Waals surface area contributed by atoms with Crippen molar-refractivity contribution in [3.8, 4) is 17.0 Å². The Balaban J connectivity index is 1.36. The number of amides is 1. The van der Waals surface area contributed by atoms with Crippen molar-refractivity contribution in [1.82, 2.24) is 15.3 Å². The summed E-state index contributed by atoms with van der Waals surface area (Å²) < 4.78 is 5.33. The second-order valence-electron chi connectivity index (χ2n) is 8.51. The molecule has 5 nitrogen and oxygen atoms in total. The molecule has 0 radical (unpaired) electrons. The van der Waals surface area contributed by atoms with E-state index in [1.807, 2.05) is 24.4 Å². The van der Waals surface area contributed by atoms with Crippen molar-refractivity contribution >= 4 is 5.91 Å². The molecule has 5 heteroatoms. The minimum atomic E-state index is 0.0149. The number of nitrogens with zero attached hydrogens (tertiary/aromatic N) is 1. The second kappa shape index (κ2) is 5.86. The Morgan fingerprint density at radius 2 is 1.92 bits per heavy atom. The highest BCUT2D eigenvalue weighted by atomic mass is 16.5. The number of carbonyl (C=O) groups excluding carboxylic acids is 1. The van der Waals surface area contributed by atoms with E-state index in [0.717, 1.165) is 48.1 Å². The van der Waals surface area contributed by atoms with E-state index in [2.05, 4.69) is 15.3 Å². The number of methoxy groups -OCH3 is 1. The van der Waals surface area contributed by atoms with Crippen LogP contribution in [0.15, 0.2) is 30.6 Å². The van der Waals surface area contributed by atoms with Gasteiger partial charge in [-0.25, -0.2) is 4.98 Å². The summed E-state index contributed by atoms with van der Waals surface area (Å²) in [5.41, 5.74) is 2.45. The fraction of sp³-hybridized carbons (Fsp3) is 0.524. The molecule has 4 bridgehead atoms. The third-order valence-corrected chi connectivity index (χ3v) is 6.62. The predicted molar refractivity (Wildman–Crippen MR) is 98.9 cm³/mol. The Labute approximate surface area is 153 Å². The molecule has 6 rings (SSSR count). The van der Waals surface area contributed by atoms with Crippen molar-refractivity contribution < 1.29 is 9.53 Å². The van der Waals surface area contributed by atoms with Gasteiger partial charge in [-0.05, 0) is 74.5 Å². The van der Waals surface area contributed by atoms with Gasteiger partial charge < -0.3 is 15.0 Å². The highest BCUT2D eigenvalue weighted by molar-refractivity contribution is 5.94. The number of nitrogens with one attached hydrogen (secondary N) is 2. The maximum absolute atomic E-state index is 12.9. The molecule has 4 aliphatic carbocycles. The first-order valence-corrected chi connectivity index (χ1v) is 9.64. The van der Waals surface area contributed by atoms with Gasteiger partial charge in [0.15, 0.2) is 0 Å². The summed E-state index contributed by atoms with van der Waals surface area (Å²) in [6.45, 7) is 0. The molecule has 0 unspecified atom stereocenters. The van der Waals surface area contributed by atoms with E-state index in [4.69, 9.17) is 4.74 Å². The average Bonchev–Trinajstić information content (AvgIpc) is 3.10. The minimum Gasteiger partial charge on any atom is -0.481 e. The summed E-state index contributed by atoms with van der Waals surface area (Å²) in [5.74, 6) is 3.04. The van der Waals surface area contributed by atoms with Gasteiger partial charge in [-0.3, -0.25) is 4.79 Å². The zero-order valence-electron chi connectivity index (χ0n) is 15.1. The molecule has 0 atom stereocenters. The zero-order valence-corrected chi connectivity index (χ0v) is 15.1. The molecule has 26 heavy (non-hydrogen) atoms. The number of carbonyl (C=O) groups is 1. The van der Waals surface area contributed by atoms with Gasteiger partial charge in [0.2, 0.25) is 5.88 Å². The zero-order chi connectivity index (χ0) is 17.7. The van der Waals surface area contributed by atoms with Crippen LogP contribution in [0.4, 0.5) is 0 Å². The molecule has 2 aromatic heterocycles. The summed E-state index contributed by atoms with van der Waals surface area (Å²) >= 11 is 0. The molecule has 2 heterocycles. The molecule has 136 valence electrons. The van der Waals surface area contributed by atoms with Crippen LogP contribution in [0.25, 0.3) is 11.1 Å². The number of H-pyrrole nitrogens is 1. The summed E-state index contributed by atoms with van der Waals surface area (Å²) in [4.78, 5) is 20.3. The van der Waals surface area contributed by atoms with E-state index in [1.54, 1.807) is 13.3 Å². The predicted octanol–water partition coefficient (Wildman–Crippen LogP) is 3.78. The Morgan fingerprint density at radius 1 is 1.23 bits per heavy atom. The Morgan fingerprint density at radius 3 is 2.58 bits per heavy atom. The third kappa shape index (κ3) is 2.61. The number of pyridine rings is 1. The average molecular weight is 351 g/mol. The number of rotatable bonds is 4. The van der Waals surface area contributed by atoms with Crippen LogP contribution in [-0.2, 0) is 0 Å². The SMILES string of the molecule is COc1ncccc1-c1c[nH]c(C(=O)NC23CC4CC(CC(C4)C2)C3)c1. The highest BCUT2D eigenvalue weighted by Gasteiger charge is 2.51. The van der Waals surface area contributed by atoms with Crippen LogP contribution in [-0.4, -0.2) is 28.5 Å². The molecular weight excluding hydrogens is 326 g/mol. The van der Waals surface area contributed by atoms with Crippen molar-refractivity contribution in [2.45, 2.75) is 44.1 Å². The maximum atomic E-state index is 12.9. The molecule has 0 saturated heterocycles. The standard InChI is InChI=1S/C21H25N3O2/c1-26-20-17(3-2-4-22-20)16-8-18(23-12-16)19(25)24-21-9-13-5-14(10-21)7-15(6-13)11-21/h2-4,8,12-15,23H,5-7,9-11H2,1H3,(H,24,25). The molecular formula is C21H25N3O2. The first-order valence-electron chi connectivity index (χ1n) is 9.64. The van der Waals surface area contributed by atoms with Crippen LogP contribution < -0.4 is 10.1 Å². The highest BCUT2D eigenvalue weighted by Crippen LogP contribution is 2.55. The van der Waals surface area contributed by atoms with Gasteiger partial charge in [0.05, 0.1) is 7.11 Å². The van der Waals surface area contributed by atoms with Crippen LogP contribution in [0.2, 0.25) is 0 Å². The van der Waals surface area contributed by atoms with Crippen LogP contribution in [0.5, 0.6) is 5.88 Å². The van der Waals surface area contributed by atoms with E-state index < -0.39 is 0 Å². The van der Waals surface area contributed by atoms with Gasteiger partial charge in [-0.2, -0.15) is 0 Å². The van der Waals surface area contributed by atoms with Crippen molar-refractivity contribution in [3.63, 3.8) is 0 Å². The van der Waals surface area contributed by atoms with Crippen LogP contribution >= 0.6 is 0 Å². The lowest BCUT2D eigenvalue weighted by atomic mass is 9.53. The minimum absolute atomic E-state index is 0.0149. The second-order valence-corrected chi connectivity index (χ2v) is 8.51. The van der Waals surface area contributed by atoms with E-state index in [9.17, 15) is 4.79 Å². The molecule has 4 fully saturated rings. The normalized spacial score (nSPS) is 31.8. The lowest BCUT2D eigenvalue weighted by Gasteiger charge is -2.56. The molecule has 1 amide bonds. The number of aromatic amines is 1. The Bertz CT molecular complexity index is 806. The number of aromatic nitrogens is 2. The first kappa shape index (κ1) is 15.9. The first-order chi connectivity index (χ1) is 12.6. The maximum Gasteiger partial charge on any atom is 0.268 e. The number of hydrogen-bond donors (Lipinski definition) is 2. The van der Waals surface area contributed by atoms with Crippen molar-refractivity contribution in [2.24, 2.45) is 17.8 Å². The lowest BCUT2D eigenvalue weighted by Crippen LogP contribution is -2.59.